The van der Waals surface area contributed by atoms with E-state index in [2.05, 4.69) is 31.3 Å². The maximum absolute atomic E-state index is 12.5. The molecule has 3 atom stereocenters. The van der Waals surface area contributed by atoms with Gasteiger partial charge in [0, 0.05) is 6.42 Å². The lowest BCUT2D eigenvalue weighted by Crippen LogP contribution is -2.50. The smallest absolute Gasteiger partial charge is 0.220 e. The van der Waals surface area contributed by atoms with E-state index in [1.54, 1.807) is 0 Å². The van der Waals surface area contributed by atoms with Crippen molar-refractivity contribution in [2.75, 3.05) is 6.61 Å². The quantitative estimate of drug-likeness (QED) is 0.0367. The second-order valence-electron chi connectivity index (χ2n) is 17.0. The van der Waals surface area contributed by atoms with Gasteiger partial charge < -0.3 is 20.6 Å². The van der Waals surface area contributed by atoms with Gasteiger partial charge in [-0.3, -0.25) is 4.79 Å². The third kappa shape index (κ3) is 39.3. The molecule has 0 aromatic carbocycles. The summed E-state index contributed by atoms with van der Waals surface area (Å²) >= 11 is 0. The molecule has 0 bridgehead atoms. The maximum atomic E-state index is 12.5. The van der Waals surface area contributed by atoms with E-state index < -0.39 is 18.2 Å². The zero-order chi connectivity index (χ0) is 39.4. The first-order chi connectivity index (χ1) is 26.6. The van der Waals surface area contributed by atoms with Crippen LogP contribution < -0.4 is 5.32 Å². The van der Waals surface area contributed by atoms with Gasteiger partial charge in [0.1, 0.15) is 6.10 Å². The molecule has 3 unspecified atom stereocenters. The van der Waals surface area contributed by atoms with Crippen LogP contribution in [0.15, 0.2) is 12.2 Å². The van der Waals surface area contributed by atoms with Crippen LogP contribution in [0.25, 0.3) is 0 Å². The first kappa shape index (κ1) is 53.1. The van der Waals surface area contributed by atoms with Crippen LogP contribution in [0, 0.1) is 0 Å². The fourth-order valence-corrected chi connectivity index (χ4v) is 7.81. The summed E-state index contributed by atoms with van der Waals surface area (Å²) in [6.45, 7) is 4.20. The molecular weight excluding hydrogens is 667 g/mol. The van der Waals surface area contributed by atoms with Crippen molar-refractivity contribution in [1.29, 1.82) is 0 Å². The third-order valence-corrected chi connectivity index (χ3v) is 11.6. The number of unbranched alkanes of at least 4 members (excludes halogenated alkanes) is 35. The number of carbonyl (C=O) groups is 1. The Balaban J connectivity index is 3.56. The topological polar surface area (TPSA) is 89.8 Å². The number of allylic oxidation sites excluding steroid dienone is 2. The molecule has 4 N–H and O–H groups in total. The number of nitrogens with one attached hydrogen (secondary N) is 1. The summed E-state index contributed by atoms with van der Waals surface area (Å²) in [5.41, 5.74) is 0. The Hall–Kier alpha value is -0.910. The highest BCUT2D eigenvalue weighted by molar-refractivity contribution is 5.76. The monoisotopic (exact) mass is 764 g/mol. The predicted octanol–water partition coefficient (Wildman–Crippen LogP) is 14.4. The van der Waals surface area contributed by atoms with Gasteiger partial charge in [-0.25, -0.2) is 0 Å². The normalized spacial score (nSPS) is 13.5. The van der Waals surface area contributed by atoms with E-state index >= 15 is 0 Å². The summed E-state index contributed by atoms with van der Waals surface area (Å²) in [6, 6.07) is -0.808. The van der Waals surface area contributed by atoms with E-state index in [1.807, 2.05) is 0 Å². The lowest BCUT2D eigenvalue weighted by atomic mass is 9.99. The average molecular weight is 764 g/mol. The van der Waals surface area contributed by atoms with Crippen LogP contribution >= 0.6 is 0 Å². The standard InChI is InChI=1S/C49H97NO4/c1-3-5-7-9-11-13-15-17-19-21-22-23-24-25-26-27-28-30-32-34-36-38-40-42-44-48(53)50-46(45-51)49(54)47(52)43-41-39-37-35-33-31-29-20-18-16-14-12-10-8-6-4-2/h25-26,46-47,49,51-52,54H,3-24,27-45H2,1-2H3,(H,50,53)/b26-25-. The predicted molar refractivity (Wildman–Crippen MR) is 236 cm³/mol. The summed E-state index contributed by atoms with van der Waals surface area (Å²) < 4.78 is 0. The molecule has 0 saturated carbocycles. The van der Waals surface area contributed by atoms with Gasteiger partial charge in [-0.05, 0) is 38.5 Å². The van der Waals surface area contributed by atoms with Crippen molar-refractivity contribution >= 4 is 5.91 Å². The summed E-state index contributed by atoms with van der Waals surface area (Å²) in [5.74, 6) is -0.144. The molecule has 0 radical (unpaired) electrons. The minimum atomic E-state index is -1.13. The van der Waals surface area contributed by atoms with Crippen molar-refractivity contribution in [2.24, 2.45) is 0 Å². The number of carbonyl (C=O) groups excluding carboxylic acids is 1. The molecule has 5 heteroatoms. The molecular formula is C49H97NO4. The number of rotatable bonds is 45. The van der Waals surface area contributed by atoms with Gasteiger partial charge in [0.15, 0.2) is 0 Å². The van der Waals surface area contributed by atoms with Gasteiger partial charge >= 0.3 is 0 Å². The Bertz CT molecular complexity index is 758. The number of hydrogen-bond donors (Lipinski definition) is 4. The molecule has 0 aliphatic rings. The summed E-state index contributed by atoms with van der Waals surface area (Å²) in [5, 5.41) is 33.6. The molecule has 0 spiro atoms. The van der Waals surface area contributed by atoms with E-state index in [4.69, 9.17) is 0 Å². The van der Waals surface area contributed by atoms with E-state index in [0.29, 0.717) is 12.8 Å². The van der Waals surface area contributed by atoms with Gasteiger partial charge in [0.2, 0.25) is 5.91 Å². The second kappa shape index (κ2) is 44.8. The van der Waals surface area contributed by atoms with Crippen LogP contribution in [0.4, 0.5) is 0 Å². The number of hydrogen-bond acceptors (Lipinski definition) is 4. The molecule has 0 aliphatic carbocycles. The lowest BCUT2D eigenvalue weighted by molar-refractivity contribution is -0.124. The fourth-order valence-electron chi connectivity index (χ4n) is 7.81. The first-order valence-electron chi connectivity index (χ1n) is 24.5. The van der Waals surface area contributed by atoms with Gasteiger partial charge in [0.25, 0.3) is 0 Å². The van der Waals surface area contributed by atoms with Crippen LogP contribution in [0.2, 0.25) is 0 Å². The highest BCUT2D eigenvalue weighted by Crippen LogP contribution is 2.17. The Morgan fingerprint density at radius 3 is 1.07 bits per heavy atom. The maximum Gasteiger partial charge on any atom is 0.220 e. The van der Waals surface area contributed by atoms with Gasteiger partial charge in [0.05, 0.1) is 18.8 Å². The lowest BCUT2D eigenvalue weighted by Gasteiger charge is -2.26. The third-order valence-electron chi connectivity index (χ3n) is 11.6. The molecule has 54 heavy (non-hydrogen) atoms. The van der Waals surface area contributed by atoms with E-state index in [9.17, 15) is 20.1 Å². The van der Waals surface area contributed by atoms with Crippen molar-refractivity contribution in [3.63, 3.8) is 0 Å². The Morgan fingerprint density at radius 1 is 0.444 bits per heavy atom. The average Bonchev–Trinajstić information content (AvgIpc) is 3.18. The van der Waals surface area contributed by atoms with Crippen molar-refractivity contribution in [3.8, 4) is 0 Å². The van der Waals surface area contributed by atoms with Gasteiger partial charge in [-0.1, -0.05) is 238 Å². The number of aliphatic hydroxyl groups is 3. The molecule has 0 aromatic rings. The molecule has 1 amide bonds. The van der Waals surface area contributed by atoms with Crippen LogP contribution in [0.1, 0.15) is 271 Å². The highest BCUT2D eigenvalue weighted by atomic mass is 16.3. The molecule has 0 saturated heterocycles. The molecule has 0 heterocycles. The summed E-state index contributed by atoms with van der Waals surface area (Å²) in [6.07, 6.45) is 53.3. The Morgan fingerprint density at radius 2 is 0.741 bits per heavy atom. The summed E-state index contributed by atoms with van der Waals surface area (Å²) in [4.78, 5) is 12.5. The molecule has 0 fully saturated rings. The Labute approximate surface area is 338 Å². The molecule has 0 aliphatic heterocycles. The molecule has 0 aromatic heterocycles. The van der Waals surface area contributed by atoms with Crippen molar-refractivity contribution in [3.05, 3.63) is 12.2 Å². The number of amides is 1. The fraction of sp³-hybridized carbons (Fsp3) is 0.939. The van der Waals surface area contributed by atoms with Crippen molar-refractivity contribution in [1.82, 2.24) is 5.32 Å². The highest BCUT2D eigenvalue weighted by Gasteiger charge is 2.26. The Kier molecular flexibility index (Phi) is 44.0. The molecule has 5 nitrogen and oxygen atoms in total. The van der Waals surface area contributed by atoms with Crippen LogP contribution in [-0.2, 0) is 4.79 Å². The van der Waals surface area contributed by atoms with Crippen LogP contribution in [0.5, 0.6) is 0 Å². The first-order valence-corrected chi connectivity index (χ1v) is 24.5. The minimum Gasteiger partial charge on any atom is -0.394 e. The van der Waals surface area contributed by atoms with E-state index in [1.165, 1.54) is 205 Å². The van der Waals surface area contributed by atoms with Crippen molar-refractivity contribution in [2.45, 2.75) is 289 Å². The van der Waals surface area contributed by atoms with Crippen LogP contribution in [-0.4, -0.2) is 46.1 Å². The molecule has 0 rings (SSSR count). The number of aliphatic hydroxyl groups excluding tert-OH is 3. The summed E-state index contributed by atoms with van der Waals surface area (Å²) in [7, 11) is 0. The molecule has 322 valence electrons. The minimum absolute atomic E-state index is 0.144. The van der Waals surface area contributed by atoms with Crippen molar-refractivity contribution < 1.29 is 20.1 Å². The zero-order valence-electron chi connectivity index (χ0n) is 36.6. The zero-order valence-corrected chi connectivity index (χ0v) is 36.6. The van der Waals surface area contributed by atoms with E-state index in [0.717, 1.165) is 38.5 Å². The SMILES string of the molecule is CCCCCCCCCCCCCC/C=C\CCCCCCCCCCC(=O)NC(CO)C(O)C(O)CCCCCCCCCCCCCCCCCC. The van der Waals surface area contributed by atoms with Crippen LogP contribution in [0.3, 0.4) is 0 Å². The van der Waals surface area contributed by atoms with Gasteiger partial charge in [-0.2, -0.15) is 0 Å². The second-order valence-corrected chi connectivity index (χ2v) is 17.0. The largest absolute Gasteiger partial charge is 0.394 e. The van der Waals surface area contributed by atoms with E-state index in [-0.39, 0.29) is 12.5 Å². The van der Waals surface area contributed by atoms with Gasteiger partial charge in [-0.15, -0.1) is 0 Å².